The first-order chi connectivity index (χ1) is 16.5. The third kappa shape index (κ3) is 5.76. The highest BCUT2D eigenvalue weighted by molar-refractivity contribution is 7.57. The number of carbonyl (C=O) groups is 1. The fourth-order valence-electron chi connectivity index (χ4n) is 4.00. The second-order valence-corrected chi connectivity index (χ2v) is 11.7. The van der Waals surface area contributed by atoms with Crippen LogP contribution in [-0.2, 0) is 33.5 Å². The van der Waals surface area contributed by atoms with Crippen LogP contribution in [0, 0.1) is 0 Å². The highest BCUT2D eigenvalue weighted by atomic mass is 32.1. The third-order valence-electron chi connectivity index (χ3n) is 5.24. The van der Waals surface area contributed by atoms with Gasteiger partial charge in [-0.15, -0.1) is 0 Å². The van der Waals surface area contributed by atoms with Gasteiger partial charge in [0.1, 0.15) is 11.4 Å². The van der Waals surface area contributed by atoms with Crippen molar-refractivity contribution in [3.05, 3.63) is 57.8 Å². The molecule has 0 radical (unpaired) electrons. The molecule has 0 atom stereocenters. The SMILES string of the molecule is CC(C)OP(=O)(C=Cc1ccc(Oc2sc(C(N)=O)c3c2-c2nn(C)cc2CC3)cc1)OC(C)C. The lowest BCUT2D eigenvalue weighted by Crippen LogP contribution is -2.13. The zero-order valence-corrected chi connectivity index (χ0v) is 22.2. The Morgan fingerprint density at radius 1 is 1.14 bits per heavy atom. The van der Waals surface area contributed by atoms with Crippen molar-refractivity contribution < 1.29 is 23.1 Å². The molecule has 1 aliphatic carbocycles. The van der Waals surface area contributed by atoms with Crippen molar-refractivity contribution in [3.8, 4) is 22.1 Å². The predicted octanol–water partition coefficient (Wildman–Crippen LogP) is 6.15. The Morgan fingerprint density at radius 3 is 2.40 bits per heavy atom. The van der Waals surface area contributed by atoms with Crippen LogP contribution in [0.3, 0.4) is 0 Å². The van der Waals surface area contributed by atoms with Gasteiger partial charge in [0.15, 0.2) is 5.06 Å². The van der Waals surface area contributed by atoms with E-state index in [-0.39, 0.29) is 12.2 Å². The van der Waals surface area contributed by atoms with Crippen molar-refractivity contribution in [3.63, 3.8) is 0 Å². The summed E-state index contributed by atoms with van der Waals surface area (Å²) in [5, 5.41) is 5.20. The highest BCUT2D eigenvalue weighted by Gasteiger charge is 2.30. The number of amides is 1. The van der Waals surface area contributed by atoms with E-state index < -0.39 is 13.5 Å². The van der Waals surface area contributed by atoms with Crippen LogP contribution in [-0.4, -0.2) is 27.9 Å². The Morgan fingerprint density at radius 2 is 1.80 bits per heavy atom. The molecule has 8 nitrogen and oxygen atoms in total. The molecule has 0 unspecified atom stereocenters. The molecule has 2 heterocycles. The molecular weight excluding hydrogens is 485 g/mol. The first kappa shape index (κ1) is 25.4. The van der Waals surface area contributed by atoms with Crippen LogP contribution < -0.4 is 10.5 Å². The second-order valence-electron chi connectivity index (χ2n) is 8.95. The van der Waals surface area contributed by atoms with E-state index in [4.69, 9.17) is 19.5 Å². The van der Waals surface area contributed by atoms with Gasteiger partial charge in [-0.3, -0.25) is 14.0 Å². The Labute approximate surface area is 209 Å². The minimum absolute atomic E-state index is 0.235. The van der Waals surface area contributed by atoms with Crippen molar-refractivity contribution in [1.82, 2.24) is 9.78 Å². The number of hydrogen-bond donors (Lipinski definition) is 1. The fraction of sp³-hybridized carbons (Fsp3) is 0.360. The number of rotatable bonds is 9. The number of primary amides is 1. The zero-order chi connectivity index (χ0) is 25.3. The molecule has 0 aliphatic heterocycles. The minimum Gasteiger partial charge on any atom is -0.446 e. The van der Waals surface area contributed by atoms with E-state index in [0.29, 0.717) is 22.1 Å². The molecule has 1 amide bonds. The van der Waals surface area contributed by atoms with Crippen LogP contribution >= 0.6 is 18.9 Å². The van der Waals surface area contributed by atoms with E-state index in [0.717, 1.165) is 34.4 Å². The van der Waals surface area contributed by atoms with Crippen molar-refractivity contribution >= 4 is 30.9 Å². The number of fused-ring (bicyclic) bond motifs is 3. The number of aromatic nitrogens is 2. The van der Waals surface area contributed by atoms with Crippen LogP contribution in [0.1, 0.15) is 54.1 Å². The molecule has 2 N–H and O–H groups in total. The summed E-state index contributed by atoms with van der Waals surface area (Å²) in [4.78, 5) is 12.6. The Hall–Kier alpha value is -2.71. The molecule has 0 saturated heterocycles. The maximum absolute atomic E-state index is 13.0. The van der Waals surface area contributed by atoms with Crippen molar-refractivity contribution in [2.75, 3.05) is 0 Å². The quantitative estimate of drug-likeness (QED) is 0.343. The predicted molar refractivity (Wildman–Crippen MR) is 138 cm³/mol. The number of ether oxygens (including phenoxy) is 1. The fourth-order valence-corrected chi connectivity index (χ4v) is 6.79. The molecule has 0 saturated carbocycles. The Balaban J connectivity index is 1.59. The number of nitrogens with two attached hydrogens (primary N) is 1. The third-order valence-corrected chi connectivity index (χ3v) is 8.31. The van der Waals surface area contributed by atoms with Gasteiger partial charge in [0, 0.05) is 19.1 Å². The molecule has 1 aromatic carbocycles. The van der Waals surface area contributed by atoms with Crippen LogP contribution in [0.15, 0.2) is 36.3 Å². The lowest BCUT2D eigenvalue weighted by Gasteiger charge is -2.19. The number of carbonyl (C=O) groups excluding carboxylic acids is 1. The van der Waals surface area contributed by atoms with Gasteiger partial charge in [-0.2, -0.15) is 5.10 Å². The van der Waals surface area contributed by atoms with Gasteiger partial charge in [0.2, 0.25) is 0 Å². The van der Waals surface area contributed by atoms with Gasteiger partial charge in [-0.05, 0) is 75.4 Å². The van der Waals surface area contributed by atoms with E-state index in [1.54, 1.807) is 10.8 Å². The van der Waals surface area contributed by atoms with Gasteiger partial charge in [-0.1, -0.05) is 23.5 Å². The Kier molecular flexibility index (Phi) is 7.33. The molecule has 35 heavy (non-hydrogen) atoms. The molecule has 0 spiro atoms. The number of benzene rings is 1. The average molecular weight is 516 g/mol. The molecule has 0 fully saturated rings. The molecule has 186 valence electrons. The minimum atomic E-state index is -3.38. The summed E-state index contributed by atoms with van der Waals surface area (Å²) in [7, 11) is -1.50. The van der Waals surface area contributed by atoms with Crippen LogP contribution in [0.25, 0.3) is 17.3 Å². The molecule has 10 heteroatoms. The summed E-state index contributed by atoms with van der Waals surface area (Å²) in [5.74, 6) is 1.63. The van der Waals surface area contributed by atoms with Crippen LogP contribution in [0.2, 0.25) is 0 Å². The van der Waals surface area contributed by atoms with Gasteiger partial charge in [-0.25, -0.2) is 0 Å². The lowest BCUT2D eigenvalue weighted by molar-refractivity contribution is 0.100. The van der Waals surface area contributed by atoms with Gasteiger partial charge >= 0.3 is 7.60 Å². The summed E-state index contributed by atoms with van der Waals surface area (Å²) >= 11 is 1.25. The molecule has 0 bridgehead atoms. The van der Waals surface area contributed by atoms with Gasteiger partial charge in [0.25, 0.3) is 5.91 Å². The van der Waals surface area contributed by atoms with E-state index in [2.05, 4.69) is 5.10 Å². The number of hydrogen-bond acceptors (Lipinski definition) is 7. The van der Waals surface area contributed by atoms with Crippen molar-refractivity contribution in [1.29, 1.82) is 0 Å². The van der Waals surface area contributed by atoms with Gasteiger partial charge in [0.05, 0.1) is 22.6 Å². The summed E-state index contributed by atoms with van der Waals surface area (Å²) in [6.45, 7) is 7.27. The summed E-state index contributed by atoms with van der Waals surface area (Å²) in [5.41, 5.74) is 10.2. The summed E-state index contributed by atoms with van der Waals surface area (Å²) in [6.07, 6.45) is 4.76. The Bertz CT molecular complexity index is 1290. The first-order valence-electron chi connectivity index (χ1n) is 11.5. The number of thiophene rings is 1. The summed E-state index contributed by atoms with van der Waals surface area (Å²) in [6, 6.07) is 7.33. The summed E-state index contributed by atoms with van der Waals surface area (Å²) < 4.78 is 32.1. The maximum atomic E-state index is 13.0. The molecule has 2 aromatic heterocycles. The topological polar surface area (TPSA) is 106 Å². The largest absolute Gasteiger partial charge is 0.446 e. The maximum Gasteiger partial charge on any atom is 0.354 e. The molecule has 1 aliphatic rings. The van der Waals surface area contributed by atoms with E-state index in [9.17, 15) is 9.36 Å². The number of aryl methyl sites for hydroxylation is 2. The standard InChI is InChI=1S/C25H30N3O5PS/c1-15(2)32-34(30,33-16(3)4)13-12-17-6-9-19(10-7-17)31-25-21-20(23(35-25)24(26)29)11-8-18-14-28(5)27-22(18)21/h6-7,9-10,12-16H,8,11H2,1-5H3,(H2,26,29). The number of nitrogens with zero attached hydrogens (tertiary/aromatic N) is 2. The van der Waals surface area contributed by atoms with Crippen LogP contribution in [0.5, 0.6) is 10.8 Å². The molecule has 3 aromatic rings. The van der Waals surface area contributed by atoms with Crippen molar-refractivity contribution in [2.45, 2.75) is 52.7 Å². The second kappa shape index (κ2) is 10.1. The smallest absolute Gasteiger partial charge is 0.354 e. The average Bonchev–Trinajstić information content (AvgIpc) is 3.32. The monoisotopic (exact) mass is 515 g/mol. The van der Waals surface area contributed by atoms with Crippen molar-refractivity contribution in [2.24, 2.45) is 12.8 Å². The van der Waals surface area contributed by atoms with E-state index >= 15 is 0 Å². The zero-order valence-electron chi connectivity index (χ0n) is 20.5. The highest BCUT2D eigenvalue weighted by Crippen LogP contribution is 2.52. The van der Waals surface area contributed by atoms with E-state index in [1.807, 2.05) is 65.2 Å². The lowest BCUT2D eigenvalue weighted by atomic mass is 9.92. The normalized spacial score (nSPS) is 13.5. The van der Waals surface area contributed by atoms with Gasteiger partial charge < -0.3 is 19.5 Å². The van der Waals surface area contributed by atoms with E-state index in [1.165, 1.54) is 17.2 Å². The van der Waals surface area contributed by atoms with Crippen LogP contribution in [0.4, 0.5) is 0 Å². The molecule has 4 rings (SSSR count). The first-order valence-corrected chi connectivity index (χ1v) is 13.9. The molecular formula is C25H30N3O5PS.